The van der Waals surface area contributed by atoms with Crippen LogP contribution in [-0.2, 0) is 13.0 Å². The van der Waals surface area contributed by atoms with Crippen molar-refractivity contribution in [3.63, 3.8) is 0 Å². The van der Waals surface area contributed by atoms with Gasteiger partial charge in [0.05, 0.1) is 0 Å². The second kappa shape index (κ2) is 9.87. The fourth-order valence-corrected chi connectivity index (χ4v) is 3.18. The van der Waals surface area contributed by atoms with Crippen LogP contribution in [0.2, 0.25) is 0 Å². The average molecular weight is 447 g/mol. The fourth-order valence-electron chi connectivity index (χ4n) is 2.16. The monoisotopic (exact) mass is 447 g/mol. The van der Waals surface area contributed by atoms with Gasteiger partial charge in [0, 0.05) is 35.8 Å². The maximum atomic E-state index is 12.9. The highest BCUT2D eigenvalue weighted by Gasteiger charge is 2.07. The van der Waals surface area contributed by atoms with Crippen molar-refractivity contribution in [3.05, 3.63) is 57.5 Å². The van der Waals surface area contributed by atoms with Crippen molar-refractivity contribution in [3.8, 4) is 0 Å². The second-order valence-corrected chi connectivity index (χ2v) is 6.69. The van der Waals surface area contributed by atoms with Crippen molar-refractivity contribution >= 4 is 41.3 Å². The molecule has 2 aromatic rings. The number of aryl methyl sites for hydroxylation is 1. The van der Waals surface area contributed by atoms with Gasteiger partial charge in [-0.1, -0.05) is 12.1 Å². The first-order valence-corrected chi connectivity index (χ1v) is 8.15. The predicted molar refractivity (Wildman–Crippen MR) is 107 cm³/mol. The number of benzene rings is 1. The Morgan fingerprint density at radius 3 is 2.48 bits per heavy atom. The van der Waals surface area contributed by atoms with Gasteiger partial charge in [0.15, 0.2) is 5.96 Å². The molecule has 0 saturated carbocycles. The average Bonchev–Trinajstić information content (AvgIpc) is 2.90. The van der Waals surface area contributed by atoms with Crippen LogP contribution in [0.3, 0.4) is 0 Å². The Morgan fingerprint density at radius 2 is 1.91 bits per heavy atom. The van der Waals surface area contributed by atoms with E-state index in [4.69, 9.17) is 0 Å². The summed E-state index contributed by atoms with van der Waals surface area (Å²) in [6, 6.07) is 11.1. The van der Waals surface area contributed by atoms with Crippen molar-refractivity contribution in [2.75, 3.05) is 7.05 Å². The summed E-state index contributed by atoms with van der Waals surface area (Å²) in [6.07, 6.45) is 0.968. The highest BCUT2D eigenvalue weighted by atomic mass is 127. The molecule has 1 aromatic carbocycles. The van der Waals surface area contributed by atoms with Crippen LogP contribution in [0.1, 0.15) is 22.2 Å². The highest BCUT2D eigenvalue weighted by Crippen LogP contribution is 2.16. The van der Waals surface area contributed by atoms with E-state index in [0.29, 0.717) is 6.54 Å². The quantitative estimate of drug-likeness (QED) is 0.411. The van der Waals surface area contributed by atoms with Crippen LogP contribution in [0.25, 0.3) is 0 Å². The molecule has 1 heterocycles. The third-order valence-electron chi connectivity index (χ3n) is 3.28. The van der Waals surface area contributed by atoms with Crippen molar-refractivity contribution in [1.29, 1.82) is 0 Å². The maximum Gasteiger partial charge on any atom is 0.191 e. The van der Waals surface area contributed by atoms with Gasteiger partial charge in [-0.15, -0.1) is 35.3 Å². The molecule has 1 aromatic heterocycles. The number of halogens is 2. The molecule has 0 saturated heterocycles. The molecule has 2 rings (SSSR count). The molecule has 0 fully saturated rings. The Labute approximate surface area is 158 Å². The summed E-state index contributed by atoms with van der Waals surface area (Å²) in [5.74, 6) is 0.538. The van der Waals surface area contributed by atoms with E-state index in [0.717, 1.165) is 17.9 Å². The van der Waals surface area contributed by atoms with Gasteiger partial charge < -0.3 is 10.6 Å². The van der Waals surface area contributed by atoms with E-state index in [-0.39, 0.29) is 35.8 Å². The minimum Gasteiger partial charge on any atom is -0.354 e. The topological polar surface area (TPSA) is 36.4 Å². The summed E-state index contributed by atoms with van der Waals surface area (Å²) < 4.78 is 12.9. The largest absolute Gasteiger partial charge is 0.354 e. The van der Waals surface area contributed by atoms with E-state index in [1.165, 1.54) is 21.9 Å². The van der Waals surface area contributed by atoms with E-state index in [1.54, 1.807) is 19.2 Å². The molecule has 0 spiro atoms. The Morgan fingerprint density at radius 1 is 1.22 bits per heavy atom. The first-order chi connectivity index (χ1) is 10.6. The minimum atomic E-state index is -0.217. The number of nitrogens with one attached hydrogen (secondary N) is 2. The summed E-state index contributed by atoms with van der Waals surface area (Å²) in [7, 11) is 1.75. The van der Waals surface area contributed by atoms with E-state index in [2.05, 4.69) is 41.6 Å². The first-order valence-electron chi connectivity index (χ1n) is 7.34. The predicted octanol–water partition coefficient (Wildman–Crippen LogP) is 4.11. The lowest BCUT2D eigenvalue weighted by Gasteiger charge is -2.17. The lowest BCUT2D eigenvalue weighted by Crippen LogP contribution is -2.42. The van der Waals surface area contributed by atoms with E-state index >= 15 is 0 Å². The summed E-state index contributed by atoms with van der Waals surface area (Å²) in [5, 5.41) is 6.62. The SMILES string of the molecule is CN=C(NCc1ccc(F)cc1)NC(C)Cc1ccc(C)s1.I. The van der Waals surface area contributed by atoms with Gasteiger partial charge in [-0.2, -0.15) is 0 Å². The second-order valence-electron chi connectivity index (χ2n) is 5.31. The number of rotatable bonds is 5. The lowest BCUT2D eigenvalue weighted by atomic mass is 10.2. The Bertz CT molecular complexity index is 625. The fraction of sp³-hybridized carbons (Fsp3) is 0.353. The van der Waals surface area contributed by atoms with Gasteiger partial charge >= 0.3 is 0 Å². The van der Waals surface area contributed by atoms with Gasteiger partial charge in [0.2, 0.25) is 0 Å². The normalized spacial score (nSPS) is 12.4. The van der Waals surface area contributed by atoms with Gasteiger partial charge in [0.1, 0.15) is 5.82 Å². The molecule has 0 radical (unpaired) electrons. The van der Waals surface area contributed by atoms with E-state index in [9.17, 15) is 4.39 Å². The van der Waals surface area contributed by atoms with Crippen LogP contribution in [-0.4, -0.2) is 19.0 Å². The Kier molecular flexibility index (Phi) is 8.54. The zero-order chi connectivity index (χ0) is 15.9. The number of guanidine groups is 1. The third-order valence-corrected chi connectivity index (χ3v) is 4.31. The molecule has 0 aliphatic rings. The zero-order valence-electron chi connectivity index (χ0n) is 13.6. The number of thiophene rings is 1. The van der Waals surface area contributed by atoms with Gasteiger partial charge in [-0.3, -0.25) is 4.99 Å². The number of nitrogens with zero attached hydrogens (tertiary/aromatic N) is 1. The van der Waals surface area contributed by atoms with Crippen LogP contribution >= 0.6 is 35.3 Å². The summed E-state index contributed by atoms with van der Waals surface area (Å²) in [4.78, 5) is 6.93. The molecule has 126 valence electrons. The van der Waals surface area contributed by atoms with Crippen LogP contribution < -0.4 is 10.6 Å². The molecule has 1 unspecified atom stereocenters. The molecule has 1 atom stereocenters. The molecule has 2 N–H and O–H groups in total. The highest BCUT2D eigenvalue weighted by molar-refractivity contribution is 14.0. The molecule has 23 heavy (non-hydrogen) atoms. The first kappa shape index (κ1) is 19.9. The van der Waals surface area contributed by atoms with Crippen LogP contribution in [0.15, 0.2) is 41.4 Å². The maximum absolute atomic E-state index is 12.9. The zero-order valence-corrected chi connectivity index (χ0v) is 16.7. The number of hydrogen-bond acceptors (Lipinski definition) is 2. The molecular formula is C17H23FIN3S. The molecule has 6 heteroatoms. The Hall–Kier alpha value is -1.15. The van der Waals surface area contributed by atoms with Crippen molar-refractivity contribution < 1.29 is 4.39 Å². The van der Waals surface area contributed by atoms with Crippen LogP contribution in [0, 0.1) is 12.7 Å². The summed E-state index contributed by atoms with van der Waals surface area (Å²) in [6.45, 7) is 4.88. The molecule has 0 bridgehead atoms. The third kappa shape index (κ3) is 6.87. The Balaban J connectivity index is 0.00000264. The molecule has 3 nitrogen and oxygen atoms in total. The number of aliphatic imine (C=N–C) groups is 1. The van der Waals surface area contributed by atoms with Crippen LogP contribution in [0.4, 0.5) is 4.39 Å². The minimum absolute atomic E-state index is 0. The number of hydrogen-bond donors (Lipinski definition) is 2. The smallest absolute Gasteiger partial charge is 0.191 e. The summed E-state index contributed by atoms with van der Waals surface area (Å²) in [5.41, 5.74) is 1.02. The molecule has 0 aliphatic carbocycles. The van der Waals surface area contributed by atoms with Crippen LogP contribution in [0.5, 0.6) is 0 Å². The molecular weight excluding hydrogens is 424 g/mol. The lowest BCUT2D eigenvalue weighted by molar-refractivity contribution is 0.626. The van der Waals surface area contributed by atoms with E-state index in [1.807, 2.05) is 11.3 Å². The van der Waals surface area contributed by atoms with Crippen molar-refractivity contribution in [2.24, 2.45) is 4.99 Å². The van der Waals surface area contributed by atoms with Gasteiger partial charge in [0.25, 0.3) is 0 Å². The molecule has 0 aliphatic heterocycles. The van der Waals surface area contributed by atoms with Crippen molar-refractivity contribution in [2.45, 2.75) is 32.9 Å². The van der Waals surface area contributed by atoms with Crippen molar-refractivity contribution in [1.82, 2.24) is 10.6 Å². The van der Waals surface area contributed by atoms with Gasteiger partial charge in [-0.25, -0.2) is 4.39 Å². The van der Waals surface area contributed by atoms with Gasteiger partial charge in [-0.05, 0) is 43.7 Å². The summed E-state index contributed by atoms with van der Waals surface area (Å²) >= 11 is 1.83. The molecule has 0 amide bonds. The van der Waals surface area contributed by atoms with E-state index < -0.39 is 0 Å². The standard InChI is InChI=1S/C17H22FN3S.HI/c1-12(10-16-9-4-13(2)22-16)21-17(19-3)20-11-14-5-7-15(18)8-6-14;/h4-9,12H,10-11H2,1-3H3,(H2,19,20,21);1H.